The van der Waals surface area contributed by atoms with Gasteiger partial charge in [-0.15, -0.1) is 0 Å². The van der Waals surface area contributed by atoms with Gasteiger partial charge >= 0.3 is 0 Å². The summed E-state index contributed by atoms with van der Waals surface area (Å²) in [5.41, 5.74) is 1.72. The van der Waals surface area contributed by atoms with Crippen molar-refractivity contribution >= 4 is 11.6 Å². The second-order valence-electron chi connectivity index (χ2n) is 8.01. The van der Waals surface area contributed by atoms with Crippen LogP contribution in [-0.2, 0) is 11.2 Å². The SMILES string of the molecule is Cc1ccc(-c2noc(CCC(=O)Nc3ccc4c(c3)OC3(CCCC3)O4)n2)cc1F. The Morgan fingerprint density at radius 2 is 1.94 bits per heavy atom. The molecule has 0 radical (unpaired) electrons. The van der Waals surface area contributed by atoms with Crippen LogP contribution in [0.1, 0.15) is 43.6 Å². The van der Waals surface area contributed by atoms with Gasteiger partial charge in [0.1, 0.15) is 5.82 Å². The fourth-order valence-electron chi connectivity index (χ4n) is 3.94. The first kappa shape index (κ1) is 19.5. The molecule has 0 unspecified atom stereocenters. The molecule has 7 nitrogen and oxygen atoms in total. The molecule has 0 saturated heterocycles. The van der Waals surface area contributed by atoms with Crippen molar-refractivity contribution in [3.63, 3.8) is 0 Å². The number of ether oxygens (including phenoxy) is 2. The summed E-state index contributed by atoms with van der Waals surface area (Å²) >= 11 is 0. The number of carbonyl (C=O) groups excluding carboxylic acids is 1. The summed E-state index contributed by atoms with van der Waals surface area (Å²) in [5, 5.41) is 6.74. The number of aromatic nitrogens is 2. The summed E-state index contributed by atoms with van der Waals surface area (Å²) in [6.45, 7) is 1.69. The molecule has 1 amide bonds. The van der Waals surface area contributed by atoms with Gasteiger partial charge in [0.2, 0.25) is 17.6 Å². The van der Waals surface area contributed by atoms with Crippen LogP contribution in [0.2, 0.25) is 0 Å². The van der Waals surface area contributed by atoms with Crippen molar-refractivity contribution < 1.29 is 23.2 Å². The molecule has 3 aromatic rings. The third-order valence-corrected chi connectivity index (χ3v) is 5.65. The molecule has 1 fully saturated rings. The predicted molar refractivity (Wildman–Crippen MR) is 110 cm³/mol. The summed E-state index contributed by atoms with van der Waals surface area (Å²) in [4.78, 5) is 16.6. The topological polar surface area (TPSA) is 86.5 Å². The quantitative estimate of drug-likeness (QED) is 0.635. The summed E-state index contributed by atoms with van der Waals surface area (Å²) in [6.07, 6.45) is 4.39. The smallest absolute Gasteiger partial charge is 0.251 e. The summed E-state index contributed by atoms with van der Waals surface area (Å²) in [7, 11) is 0. The molecular formula is C23H22FN3O4. The van der Waals surface area contributed by atoms with Crippen molar-refractivity contribution in [2.45, 2.75) is 51.2 Å². The lowest BCUT2D eigenvalue weighted by Gasteiger charge is -2.21. The van der Waals surface area contributed by atoms with E-state index in [1.54, 1.807) is 31.2 Å². The number of nitrogens with one attached hydrogen (secondary N) is 1. The van der Waals surface area contributed by atoms with Gasteiger partial charge in [0.25, 0.3) is 5.79 Å². The Hall–Kier alpha value is -3.42. The van der Waals surface area contributed by atoms with E-state index in [1.807, 2.05) is 6.07 Å². The molecule has 31 heavy (non-hydrogen) atoms. The van der Waals surface area contributed by atoms with Gasteiger partial charge in [-0.3, -0.25) is 4.79 Å². The van der Waals surface area contributed by atoms with Gasteiger partial charge in [0, 0.05) is 43.0 Å². The van der Waals surface area contributed by atoms with Crippen LogP contribution < -0.4 is 14.8 Å². The Bertz CT molecular complexity index is 1140. The molecule has 1 aliphatic heterocycles. The fraction of sp³-hybridized carbons (Fsp3) is 0.348. The van der Waals surface area contributed by atoms with Gasteiger partial charge in [-0.05, 0) is 43.5 Å². The Morgan fingerprint density at radius 1 is 1.13 bits per heavy atom. The van der Waals surface area contributed by atoms with E-state index in [0.29, 0.717) is 40.0 Å². The minimum atomic E-state index is -0.527. The van der Waals surface area contributed by atoms with Crippen LogP contribution in [-0.4, -0.2) is 21.8 Å². The van der Waals surface area contributed by atoms with Crippen molar-refractivity contribution in [1.82, 2.24) is 10.1 Å². The average molecular weight is 423 g/mol. The number of amides is 1. The molecule has 2 aromatic carbocycles. The first-order chi connectivity index (χ1) is 15.0. The van der Waals surface area contributed by atoms with Crippen LogP contribution >= 0.6 is 0 Å². The molecule has 2 heterocycles. The molecule has 1 spiro atoms. The molecule has 1 aromatic heterocycles. The zero-order valence-electron chi connectivity index (χ0n) is 17.1. The normalized spacial score (nSPS) is 16.1. The highest BCUT2D eigenvalue weighted by Gasteiger charge is 2.44. The van der Waals surface area contributed by atoms with Gasteiger partial charge < -0.3 is 19.3 Å². The first-order valence-corrected chi connectivity index (χ1v) is 10.4. The zero-order valence-corrected chi connectivity index (χ0v) is 17.1. The lowest BCUT2D eigenvalue weighted by molar-refractivity contribution is -0.116. The van der Waals surface area contributed by atoms with Crippen molar-refractivity contribution in [3.05, 3.63) is 53.7 Å². The highest BCUT2D eigenvalue weighted by atomic mass is 19.1. The molecule has 8 heteroatoms. The Morgan fingerprint density at radius 3 is 2.74 bits per heavy atom. The van der Waals surface area contributed by atoms with E-state index in [2.05, 4.69) is 15.5 Å². The zero-order chi connectivity index (χ0) is 21.4. The van der Waals surface area contributed by atoms with E-state index in [1.165, 1.54) is 6.07 Å². The molecule has 1 N–H and O–H groups in total. The average Bonchev–Trinajstić information content (AvgIpc) is 3.48. The van der Waals surface area contributed by atoms with Gasteiger partial charge in [-0.1, -0.05) is 17.3 Å². The molecule has 160 valence electrons. The lowest BCUT2D eigenvalue weighted by Crippen LogP contribution is -2.34. The summed E-state index contributed by atoms with van der Waals surface area (Å²) < 4.78 is 31.0. The maximum Gasteiger partial charge on any atom is 0.251 e. The van der Waals surface area contributed by atoms with Crippen molar-refractivity contribution in [1.29, 1.82) is 0 Å². The molecular weight excluding hydrogens is 401 g/mol. The van der Waals surface area contributed by atoms with E-state index in [-0.39, 0.29) is 24.6 Å². The van der Waals surface area contributed by atoms with E-state index in [4.69, 9.17) is 14.0 Å². The number of halogens is 1. The lowest BCUT2D eigenvalue weighted by atomic mass is 10.1. The highest BCUT2D eigenvalue weighted by molar-refractivity contribution is 5.91. The maximum atomic E-state index is 13.7. The summed E-state index contributed by atoms with van der Waals surface area (Å²) in [6, 6.07) is 10.2. The van der Waals surface area contributed by atoms with Crippen LogP contribution in [0.5, 0.6) is 11.5 Å². The van der Waals surface area contributed by atoms with Gasteiger partial charge in [0.15, 0.2) is 11.5 Å². The number of carbonyl (C=O) groups is 1. The first-order valence-electron chi connectivity index (χ1n) is 10.4. The molecule has 0 bridgehead atoms. The number of hydrogen-bond acceptors (Lipinski definition) is 6. The predicted octanol–water partition coefficient (Wildman–Crippen LogP) is 4.80. The number of benzene rings is 2. The Kier molecular flexibility index (Phi) is 4.84. The highest BCUT2D eigenvalue weighted by Crippen LogP contribution is 2.47. The minimum Gasteiger partial charge on any atom is -0.448 e. The fourth-order valence-corrected chi connectivity index (χ4v) is 3.94. The van der Waals surface area contributed by atoms with Gasteiger partial charge in [-0.25, -0.2) is 4.39 Å². The number of aryl methyl sites for hydroxylation is 2. The Balaban J connectivity index is 1.18. The van der Waals surface area contributed by atoms with Crippen LogP contribution in [0.4, 0.5) is 10.1 Å². The van der Waals surface area contributed by atoms with E-state index >= 15 is 0 Å². The molecule has 1 aliphatic carbocycles. The van der Waals surface area contributed by atoms with Crippen LogP contribution in [0.25, 0.3) is 11.4 Å². The largest absolute Gasteiger partial charge is 0.448 e. The molecule has 5 rings (SSSR count). The monoisotopic (exact) mass is 423 g/mol. The third-order valence-electron chi connectivity index (χ3n) is 5.65. The molecule has 2 aliphatic rings. The minimum absolute atomic E-state index is 0.169. The Labute approximate surface area is 178 Å². The van der Waals surface area contributed by atoms with E-state index in [0.717, 1.165) is 25.7 Å². The number of fused-ring (bicyclic) bond motifs is 1. The molecule has 1 saturated carbocycles. The van der Waals surface area contributed by atoms with Crippen LogP contribution in [0, 0.1) is 12.7 Å². The van der Waals surface area contributed by atoms with Crippen molar-refractivity contribution in [3.8, 4) is 22.9 Å². The second-order valence-corrected chi connectivity index (χ2v) is 8.01. The van der Waals surface area contributed by atoms with Crippen LogP contribution in [0.3, 0.4) is 0 Å². The standard InChI is InChI=1S/C23H22FN3O4/c1-14-4-5-15(12-17(14)24)22-26-21(31-27-22)9-8-20(28)25-16-6-7-18-19(13-16)30-23(29-18)10-2-3-11-23/h4-7,12-13H,2-3,8-11H2,1H3,(H,25,28). The molecule has 0 atom stereocenters. The number of anilines is 1. The van der Waals surface area contributed by atoms with E-state index in [9.17, 15) is 9.18 Å². The number of hydrogen-bond donors (Lipinski definition) is 1. The third kappa shape index (κ3) is 3.97. The van der Waals surface area contributed by atoms with Crippen molar-refractivity contribution in [2.75, 3.05) is 5.32 Å². The van der Waals surface area contributed by atoms with Gasteiger partial charge in [0.05, 0.1) is 0 Å². The summed E-state index contributed by atoms with van der Waals surface area (Å²) in [5.74, 6) is 0.950. The second kappa shape index (κ2) is 7.68. The van der Waals surface area contributed by atoms with Crippen LogP contribution in [0.15, 0.2) is 40.9 Å². The van der Waals surface area contributed by atoms with Crippen molar-refractivity contribution in [2.24, 2.45) is 0 Å². The van der Waals surface area contributed by atoms with E-state index < -0.39 is 5.79 Å². The van der Waals surface area contributed by atoms with Gasteiger partial charge in [-0.2, -0.15) is 4.98 Å². The number of rotatable bonds is 5. The number of nitrogens with zero attached hydrogens (tertiary/aromatic N) is 2. The maximum absolute atomic E-state index is 13.7.